The number of halogens is 3. The van der Waals surface area contributed by atoms with Crippen LogP contribution in [0.15, 0.2) is 72.8 Å². The fourth-order valence-electron chi connectivity index (χ4n) is 3.10. The summed E-state index contributed by atoms with van der Waals surface area (Å²) in [5, 5.41) is 8.98. The molecule has 0 fully saturated rings. The largest absolute Gasteiger partial charge is 0.573 e. The highest BCUT2D eigenvalue weighted by Crippen LogP contribution is 2.34. The molecule has 0 aliphatic heterocycles. The molecule has 172 valence electrons. The van der Waals surface area contributed by atoms with Crippen LogP contribution in [0.1, 0.15) is 31.9 Å². The van der Waals surface area contributed by atoms with Crippen LogP contribution >= 0.6 is 0 Å². The van der Waals surface area contributed by atoms with Crippen LogP contribution in [0.4, 0.5) is 13.2 Å². The molecule has 3 aromatic carbocycles. The van der Waals surface area contributed by atoms with Gasteiger partial charge in [0.25, 0.3) is 0 Å². The molecule has 0 radical (unpaired) electrons. The zero-order valence-corrected chi connectivity index (χ0v) is 18.3. The number of aliphatic carboxylic acids is 1. The Labute approximate surface area is 189 Å². The molecule has 0 saturated heterocycles. The fourth-order valence-corrected chi connectivity index (χ4v) is 3.10. The predicted octanol–water partition coefficient (Wildman–Crippen LogP) is 7.44. The van der Waals surface area contributed by atoms with Gasteiger partial charge in [-0.25, -0.2) is 4.79 Å². The second-order valence-electron chi connectivity index (χ2n) is 8.37. The Morgan fingerprint density at radius 1 is 0.848 bits per heavy atom. The van der Waals surface area contributed by atoms with Crippen LogP contribution < -0.4 is 9.47 Å². The van der Waals surface area contributed by atoms with E-state index in [2.05, 4.69) is 25.5 Å². The summed E-state index contributed by atoms with van der Waals surface area (Å²) >= 11 is 0. The lowest BCUT2D eigenvalue weighted by molar-refractivity contribution is -0.274. The van der Waals surface area contributed by atoms with E-state index in [1.807, 2.05) is 24.3 Å². The zero-order chi connectivity index (χ0) is 24.2. The number of carboxylic acids is 1. The lowest BCUT2D eigenvalue weighted by atomic mass is 9.87. The Hall–Kier alpha value is -3.74. The monoisotopic (exact) mass is 456 g/mol. The van der Waals surface area contributed by atoms with E-state index in [0.29, 0.717) is 28.2 Å². The summed E-state index contributed by atoms with van der Waals surface area (Å²) in [5.74, 6) is -0.439. The smallest absolute Gasteiger partial charge is 0.478 e. The van der Waals surface area contributed by atoms with E-state index < -0.39 is 12.3 Å². The van der Waals surface area contributed by atoms with Crippen LogP contribution in [0.2, 0.25) is 0 Å². The quantitative estimate of drug-likeness (QED) is 0.392. The van der Waals surface area contributed by atoms with Gasteiger partial charge in [0.2, 0.25) is 0 Å². The number of carboxylic acid groups (broad SMARTS) is 1. The molecule has 1 N–H and O–H groups in total. The minimum absolute atomic E-state index is 0.0180. The van der Waals surface area contributed by atoms with Crippen LogP contribution in [0.3, 0.4) is 0 Å². The van der Waals surface area contributed by atoms with Crippen LogP contribution in [0.25, 0.3) is 17.2 Å². The molecule has 0 bridgehead atoms. The molecule has 0 aliphatic rings. The average molecular weight is 456 g/mol. The average Bonchev–Trinajstić information content (AvgIpc) is 2.72. The molecule has 0 aromatic heterocycles. The van der Waals surface area contributed by atoms with E-state index in [4.69, 9.17) is 9.84 Å². The van der Waals surface area contributed by atoms with Crippen molar-refractivity contribution in [1.82, 2.24) is 0 Å². The van der Waals surface area contributed by atoms with Gasteiger partial charge in [-0.15, -0.1) is 13.2 Å². The van der Waals surface area contributed by atoms with Crippen LogP contribution in [0, 0.1) is 0 Å². The molecular weight excluding hydrogens is 433 g/mol. The van der Waals surface area contributed by atoms with E-state index in [1.165, 1.54) is 30.3 Å². The topological polar surface area (TPSA) is 55.8 Å². The molecule has 0 atom stereocenters. The van der Waals surface area contributed by atoms with Crippen LogP contribution in [-0.2, 0) is 10.2 Å². The van der Waals surface area contributed by atoms with Crippen molar-refractivity contribution in [2.75, 3.05) is 0 Å². The Morgan fingerprint density at radius 3 is 1.97 bits per heavy atom. The first-order valence-electron chi connectivity index (χ1n) is 10.1. The van der Waals surface area contributed by atoms with Crippen molar-refractivity contribution in [1.29, 1.82) is 0 Å². The standard InChI is InChI=1S/C26H23F3O4/c1-25(2,3)20-9-13-21(14-10-20)32-23-16-19(5-4-18(23)8-15-24(30)31)17-6-11-22(12-7-17)33-26(27,28)29/h4-16H,1-3H3,(H,30,31)/b15-8+. The fraction of sp³-hybridized carbons (Fsp3) is 0.192. The molecule has 3 aromatic rings. The summed E-state index contributed by atoms with van der Waals surface area (Å²) in [5.41, 5.74) is 2.98. The number of hydrogen-bond acceptors (Lipinski definition) is 3. The van der Waals surface area contributed by atoms with Crippen LogP contribution in [-0.4, -0.2) is 17.4 Å². The predicted molar refractivity (Wildman–Crippen MR) is 120 cm³/mol. The van der Waals surface area contributed by atoms with Crippen molar-refractivity contribution in [3.05, 3.63) is 83.9 Å². The van der Waals surface area contributed by atoms with Crippen LogP contribution in [0.5, 0.6) is 17.2 Å². The van der Waals surface area contributed by atoms with Gasteiger partial charge in [0.15, 0.2) is 0 Å². The molecule has 0 amide bonds. The molecule has 3 rings (SSSR count). The van der Waals surface area contributed by atoms with Crippen molar-refractivity contribution in [3.8, 4) is 28.4 Å². The SMILES string of the molecule is CC(C)(C)c1ccc(Oc2cc(-c3ccc(OC(F)(F)F)cc3)ccc2/C=C/C(=O)O)cc1. The van der Waals surface area contributed by atoms with E-state index in [9.17, 15) is 18.0 Å². The minimum atomic E-state index is -4.76. The number of hydrogen-bond donors (Lipinski definition) is 1. The summed E-state index contributed by atoms with van der Waals surface area (Å²) in [6, 6.07) is 18.2. The highest BCUT2D eigenvalue weighted by molar-refractivity contribution is 5.86. The van der Waals surface area contributed by atoms with Gasteiger partial charge in [-0.2, -0.15) is 0 Å². The Balaban J connectivity index is 1.93. The molecule has 0 spiro atoms. The second-order valence-corrected chi connectivity index (χ2v) is 8.37. The number of rotatable bonds is 6. The second kappa shape index (κ2) is 9.40. The van der Waals surface area contributed by atoms with Gasteiger partial charge in [0.1, 0.15) is 17.2 Å². The summed E-state index contributed by atoms with van der Waals surface area (Å²) in [6.45, 7) is 6.31. The number of carbonyl (C=O) groups is 1. The third kappa shape index (κ3) is 6.87. The maximum atomic E-state index is 12.4. The first-order chi connectivity index (χ1) is 15.4. The maximum absolute atomic E-state index is 12.4. The summed E-state index contributed by atoms with van der Waals surface area (Å²) < 4.78 is 47.2. The van der Waals surface area contributed by atoms with Gasteiger partial charge in [0, 0.05) is 11.6 Å². The highest BCUT2D eigenvalue weighted by atomic mass is 19.4. The van der Waals surface area contributed by atoms with Crippen molar-refractivity contribution < 1.29 is 32.5 Å². The number of ether oxygens (including phenoxy) is 2. The third-order valence-corrected chi connectivity index (χ3v) is 4.79. The molecule has 4 nitrogen and oxygen atoms in total. The Kier molecular flexibility index (Phi) is 6.81. The molecule has 0 heterocycles. The van der Waals surface area contributed by atoms with Gasteiger partial charge in [-0.3, -0.25) is 0 Å². The maximum Gasteiger partial charge on any atom is 0.573 e. The van der Waals surface area contributed by atoms with E-state index >= 15 is 0 Å². The third-order valence-electron chi connectivity index (χ3n) is 4.79. The van der Waals surface area contributed by atoms with Gasteiger partial charge in [-0.05, 0) is 58.5 Å². The molecular formula is C26H23F3O4. The lowest BCUT2D eigenvalue weighted by Gasteiger charge is -2.19. The Bertz CT molecular complexity index is 1140. The van der Waals surface area contributed by atoms with E-state index in [1.54, 1.807) is 18.2 Å². The first kappa shape index (κ1) is 23.9. The summed E-state index contributed by atoms with van der Waals surface area (Å²) in [4.78, 5) is 11.0. The summed E-state index contributed by atoms with van der Waals surface area (Å²) in [6.07, 6.45) is -2.33. The molecule has 33 heavy (non-hydrogen) atoms. The first-order valence-corrected chi connectivity index (χ1v) is 10.1. The molecule has 0 unspecified atom stereocenters. The minimum Gasteiger partial charge on any atom is -0.478 e. The van der Waals surface area contributed by atoms with Gasteiger partial charge >= 0.3 is 12.3 Å². The molecule has 0 saturated carbocycles. The van der Waals surface area contributed by atoms with Crippen molar-refractivity contribution in [3.63, 3.8) is 0 Å². The van der Waals surface area contributed by atoms with E-state index in [0.717, 1.165) is 11.6 Å². The highest BCUT2D eigenvalue weighted by Gasteiger charge is 2.31. The van der Waals surface area contributed by atoms with Gasteiger partial charge in [-0.1, -0.05) is 57.2 Å². The Morgan fingerprint density at radius 2 is 1.42 bits per heavy atom. The van der Waals surface area contributed by atoms with Crippen molar-refractivity contribution >= 4 is 12.0 Å². The van der Waals surface area contributed by atoms with Crippen molar-refractivity contribution in [2.45, 2.75) is 32.5 Å². The normalized spacial score (nSPS) is 12.1. The van der Waals surface area contributed by atoms with E-state index in [-0.39, 0.29) is 11.2 Å². The number of alkyl halides is 3. The number of benzene rings is 3. The van der Waals surface area contributed by atoms with Gasteiger partial charge in [0.05, 0.1) is 0 Å². The zero-order valence-electron chi connectivity index (χ0n) is 18.3. The lowest BCUT2D eigenvalue weighted by Crippen LogP contribution is -2.16. The molecule has 7 heteroatoms. The van der Waals surface area contributed by atoms with Crippen molar-refractivity contribution in [2.24, 2.45) is 0 Å². The molecule has 0 aliphatic carbocycles. The van der Waals surface area contributed by atoms with Gasteiger partial charge < -0.3 is 14.6 Å². The summed E-state index contributed by atoms with van der Waals surface area (Å²) in [7, 11) is 0.